The average Bonchev–Trinajstić information content (AvgIpc) is 2.82. The molecule has 0 saturated carbocycles. The molecule has 4 nitrogen and oxygen atoms in total. The second-order valence-electron chi connectivity index (χ2n) is 4.72. The van der Waals surface area contributed by atoms with Crippen molar-refractivity contribution in [2.24, 2.45) is 5.92 Å². The van der Waals surface area contributed by atoms with Gasteiger partial charge in [0.05, 0.1) is 10.3 Å². The Labute approximate surface area is 121 Å². The summed E-state index contributed by atoms with van der Waals surface area (Å²) in [5.41, 5.74) is 0. The molecule has 19 heavy (non-hydrogen) atoms. The van der Waals surface area contributed by atoms with Crippen LogP contribution in [-0.4, -0.2) is 35.0 Å². The summed E-state index contributed by atoms with van der Waals surface area (Å²) in [6.07, 6.45) is 2.53. The Morgan fingerprint density at radius 3 is 2.89 bits per heavy atom. The molecule has 1 aromatic heterocycles. The number of rotatable bonds is 4. The number of carbonyl (C=O) groups excluding carboxylic acids is 1. The lowest BCUT2D eigenvalue weighted by Gasteiger charge is -2.30. The number of likely N-dealkylation sites (tertiary alicyclic amines) is 1. The van der Waals surface area contributed by atoms with Crippen molar-refractivity contribution in [1.82, 2.24) is 4.90 Å². The number of hydrogen-bond acceptors (Lipinski definition) is 3. The van der Waals surface area contributed by atoms with E-state index in [0.29, 0.717) is 32.4 Å². The molecule has 0 aromatic carbocycles. The van der Waals surface area contributed by atoms with Gasteiger partial charge in [-0.25, -0.2) is 0 Å². The van der Waals surface area contributed by atoms with Gasteiger partial charge in [0.1, 0.15) is 0 Å². The molecule has 1 atom stereocenters. The van der Waals surface area contributed by atoms with Crippen molar-refractivity contribution < 1.29 is 14.7 Å². The van der Waals surface area contributed by atoms with Gasteiger partial charge in [0, 0.05) is 24.4 Å². The lowest BCUT2D eigenvalue weighted by Crippen LogP contribution is -2.42. The van der Waals surface area contributed by atoms with Crippen LogP contribution in [0.4, 0.5) is 0 Å². The SMILES string of the molecule is O=C(O)[C@H]1CCCN(C(=O)CCc2ccc(Cl)s2)C1. The van der Waals surface area contributed by atoms with Crippen molar-refractivity contribution in [3.8, 4) is 0 Å². The molecular formula is C13H16ClNO3S. The normalized spacial score (nSPS) is 19.4. The first-order valence-corrected chi connectivity index (χ1v) is 7.50. The highest BCUT2D eigenvalue weighted by Crippen LogP contribution is 2.23. The largest absolute Gasteiger partial charge is 0.481 e. The molecule has 0 radical (unpaired) electrons. The van der Waals surface area contributed by atoms with Crippen LogP contribution in [0, 0.1) is 5.92 Å². The molecule has 1 fully saturated rings. The highest BCUT2D eigenvalue weighted by atomic mass is 35.5. The van der Waals surface area contributed by atoms with Crippen molar-refractivity contribution in [1.29, 1.82) is 0 Å². The minimum Gasteiger partial charge on any atom is -0.481 e. The molecule has 0 bridgehead atoms. The Bertz CT molecular complexity index is 474. The quantitative estimate of drug-likeness (QED) is 0.930. The fraction of sp³-hybridized carbons (Fsp3) is 0.538. The Morgan fingerprint density at radius 1 is 1.47 bits per heavy atom. The maximum atomic E-state index is 12.1. The van der Waals surface area contributed by atoms with E-state index in [1.165, 1.54) is 11.3 Å². The number of hydrogen-bond donors (Lipinski definition) is 1. The van der Waals surface area contributed by atoms with Gasteiger partial charge in [0.25, 0.3) is 0 Å². The average molecular weight is 302 g/mol. The topological polar surface area (TPSA) is 57.6 Å². The number of aryl methyl sites for hydroxylation is 1. The summed E-state index contributed by atoms with van der Waals surface area (Å²) in [5, 5.41) is 9.00. The molecule has 1 amide bonds. The van der Waals surface area contributed by atoms with Gasteiger partial charge in [-0.3, -0.25) is 9.59 Å². The highest BCUT2D eigenvalue weighted by molar-refractivity contribution is 7.16. The van der Waals surface area contributed by atoms with Crippen LogP contribution in [0.3, 0.4) is 0 Å². The zero-order chi connectivity index (χ0) is 13.8. The Hall–Kier alpha value is -1.07. The van der Waals surface area contributed by atoms with E-state index in [2.05, 4.69) is 0 Å². The van der Waals surface area contributed by atoms with E-state index in [9.17, 15) is 9.59 Å². The maximum absolute atomic E-state index is 12.1. The van der Waals surface area contributed by atoms with Gasteiger partial charge in [-0.05, 0) is 31.4 Å². The van der Waals surface area contributed by atoms with Gasteiger partial charge in [0.15, 0.2) is 0 Å². The minimum absolute atomic E-state index is 0.0375. The zero-order valence-electron chi connectivity index (χ0n) is 10.5. The minimum atomic E-state index is -0.803. The Morgan fingerprint density at radius 2 is 2.26 bits per heavy atom. The van der Waals surface area contributed by atoms with Crippen LogP contribution in [0.5, 0.6) is 0 Å². The van der Waals surface area contributed by atoms with Crippen LogP contribution >= 0.6 is 22.9 Å². The maximum Gasteiger partial charge on any atom is 0.308 e. The number of nitrogens with zero attached hydrogens (tertiary/aromatic N) is 1. The second-order valence-corrected chi connectivity index (χ2v) is 6.52. The molecule has 1 saturated heterocycles. The first-order chi connectivity index (χ1) is 9.06. The van der Waals surface area contributed by atoms with Crippen molar-refractivity contribution in [2.45, 2.75) is 25.7 Å². The lowest BCUT2D eigenvalue weighted by molar-refractivity contribution is -0.145. The molecule has 2 heterocycles. The zero-order valence-corrected chi connectivity index (χ0v) is 12.0. The number of carbonyl (C=O) groups is 2. The molecule has 1 aliphatic rings. The second kappa shape index (κ2) is 6.39. The standard InChI is InChI=1S/C13H16ClNO3S/c14-11-5-3-10(19-11)4-6-12(16)15-7-1-2-9(8-15)13(17)18/h3,5,9H,1-2,4,6-8H2,(H,17,18)/t9-/m0/s1. The predicted molar refractivity (Wildman–Crippen MR) is 74.6 cm³/mol. The number of halogens is 1. The number of piperidine rings is 1. The molecule has 2 rings (SSSR count). The summed E-state index contributed by atoms with van der Waals surface area (Å²) in [6.45, 7) is 1.02. The number of aliphatic carboxylic acids is 1. The molecule has 1 N–H and O–H groups in total. The fourth-order valence-electron chi connectivity index (χ4n) is 2.28. The molecule has 1 aromatic rings. The van der Waals surface area contributed by atoms with E-state index in [0.717, 1.165) is 15.6 Å². The Balaban J connectivity index is 1.84. The van der Waals surface area contributed by atoms with Crippen LogP contribution in [-0.2, 0) is 16.0 Å². The molecule has 0 unspecified atom stereocenters. The van der Waals surface area contributed by atoms with Gasteiger partial charge in [-0.15, -0.1) is 11.3 Å². The third-order valence-electron chi connectivity index (χ3n) is 3.34. The molecule has 6 heteroatoms. The first-order valence-electron chi connectivity index (χ1n) is 6.31. The van der Waals surface area contributed by atoms with Gasteiger partial charge < -0.3 is 10.0 Å². The van der Waals surface area contributed by atoms with Crippen LogP contribution < -0.4 is 0 Å². The fourth-order valence-corrected chi connectivity index (χ4v) is 3.37. The van der Waals surface area contributed by atoms with E-state index < -0.39 is 11.9 Å². The summed E-state index contributed by atoms with van der Waals surface area (Å²) in [6, 6.07) is 3.75. The first kappa shape index (κ1) is 14.3. The highest BCUT2D eigenvalue weighted by Gasteiger charge is 2.27. The van der Waals surface area contributed by atoms with Crippen LogP contribution in [0.25, 0.3) is 0 Å². The number of carboxylic acid groups (broad SMARTS) is 1. The summed E-state index contributed by atoms with van der Waals surface area (Å²) < 4.78 is 0.728. The van der Waals surface area contributed by atoms with Gasteiger partial charge in [-0.2, -0.15) is 0 Å². The number of carboxylic acids is 1. The third-order valence-corrected chi connectivity index (χ3v) is 4.63. The predicted octanol–water partition coefficient (Wildman–Crippen LogP) is 2.66. The van der Waals surface area contributed by atoms with E-state index >= 15 is 0 Å². The van der Waals surface area contributed by atoms with Crippen molar-refractivity contribution in [2.75, 3.05) is 13.1 Å². The third kappa shape index (κ3) is 3.94. The van der Waals surface area contributed by atoms with Gasteiger partial charge in [0.2, 0.25) is 5.91 Å². The summed E-state index contributed by atoms with van der Waals surface area (Å²) in [7, 11) is 0. The van der Waals surface area contributed by atoms with Crippen LogP contribution in [0.2, 0.25) is 4.34 Å². The van der Waals surface area contributed by atoms with E-state index in [4.69, 9.17) is 16.7 Å². The van der Waals surface area contributed by atoms with Crippen molar-refractivity contribution in [3.63, 3.8) is 0 Å². The molecular weight excluding hydrogens is 286 g/mol. The van der Waals surface area contributed by atoms with Crippen LogP contribution in [0.1, 0.15) is 24.1 Å². The smallest absolute Gasteiger partial charge is 0.308 e. The molecule has 1 aliphatic heterocycles. The summed E-state index contributed by atoms with van der Waals surface area (Å²) in [4.78, 5) is 25.8. The summed E-state index contributed by atoms with van der Waals surface area (Å²) >= 11 is 7.32. The molecule has 0 aliphatic carbocycles. The van der Waals surface area contributed by atoms with Gasteiger partial charge in [-0.1, -0.05) is 11.6 Å². The number of amides is 1. The van der Waals surface area contributed by atoms with E-state index in [1.807, 2.05) is 12.1 Å². The Kier molecular flexibility index (Phi) is 4.82. The van der Waals surface area contributed by atoms with Crippen molar-refractivity contribution >= 4 is 34.8 Å². The van der Waals surface area contributed by atoms with Crippen molar-refractivity contribution in [3.05, 3.63) is 21.3 Å². The van der Waals surface area contributed by atoms with Gasteiger partial charge >= 0.3 is 5.97 Å². The molecule has 0 spiro atoms. The monoisotopic (exact) mass is 301 g/mol. The molecule has 104 valence electrons. The van der Waals surface area contributed by atoms with E-state index in [1.54, 1.807) is 4.90 Å². The number of thiophene rings is 1. The van der Waals surface area contributed by atoms with Crippen LogP contribution in [0.15, 0.2) is 12.1 Å². The summed E-state index contributed by atoms with van der Waals surface area (Å²) in [5.74, 6) is -1.17. The van der Waals surface area contributed by atoms with E-state index in [-0.39, 0.29) is 5.91 Å². The lowest BCUT2D eigenvalue weighted by atomic mass is 9.98.